The molecule has 0 aliphatic carbocycles. The zero-order valence-electron chi connectivity index (χ0n) is 13.9. The van der Waals surface area contributed by atoms with Gasteiger partial charge in [-0.15, -0.1) is 0 Å². The molecule has 2 aliphatic rings. The van der Waals surface area contributed by atoms with Crippen LogP contribution in [-0.2, 0) is 23.7 Å². The molecular formula is C14H26O11. The van der Waals surface area contributed by atoms with Gasteiger partial charge in [0.05, 0.1) is 13.2 Å². The molecular weight excluding hydrogens is 344 g/mol. The molecule has 0 bridgehead atoms. The highest BCUT2D eigenvalue weighted by Crippen LogP contribution is 2.25. The second-order valence-corrected chi connectivity index (χ2v) is 6.05. The van der Waals surface area contributed by atoms with Gasteiger partial charge < -0.3 is 54.3 Å². The van der Waals surface area contributed by atoms with Crippen molar-refractivity contribution < 1.29 is 54.3 Å². The number of rotatable bonds is 6. The zero-order valence-corrected chi connectivity index (χ0v) is 13.9. The van der Waals surface area contributed by atoms with Crippen molar-refractivity contribution in [2.75, 3.05) is 27.4 Å². The van der Waals surface area contributed by atoms with Crippen LogP contribution in [0.15, 0.2) is 0 Å². The minimum Gasteiger partial charge on any atom is -0.387 e. The van der Waals surface area contributed by atoms with Crippen LogP contribution in [0.3, 0.4) is 0 Å². The molecule has 11 nitrogen and oxygen atoms in total. The molecule has 0 aromatic rings. The second-order valence-electron chi connectivity index (χ2n) is 6.05. The van der Waals surface area contributed by atoms with E-state index in [-0.39, 0.29) is 13.2 Å². The van der Waals surface area contributed by atoms with E-state index in [0.29, 0.717) is 0 Å². The third kappa shape index (κ3) is 4.46. The summed E-state index contributed by atoms with van der Waals surface area (Å²) >= 11 is 0. The Balaban J connectivity index is 1.96. The van der Waals surface area contributed by atoms with Crippen LogP contribution in [0.5, 0.6) is 0 Å². The van der Waals surface area contributed by atoms with E-state index in [1.165, 1.54) is 14.2 Å². The first-order valence-corrected chi connectivity index (χ1v) is 7.84. The summed E-state index contributed by atoms with van der Waals surface area (Å²) in [7, 11) is 2.64. The van der Waals surface area contributed by atoms with Gasteiger partial charge in [-0.3, -0.25) is 0 Å². The number of aliphatic hydroxyl groups is 6. The van der Waals surface area contributed by atoms with Crippen molar-refractivity contribution in [3.05, 3.63) is 0 Å². The highest BCUT2D eigenvalue weighted by Gasteiger charge is 2.47. The van der Waals surface area contributed by atoms with E-state index >= 15 is 0 Å². The fourth-order valence-corrected chi connectivity index (χ4v) is 2.79. The molecule has 6 N–H and O–H groups in total. The maximum atomic E-state index is 9.96. The fraction of sp³-hybridized carbons (Fsp3) is 1.00. The van der Waals surface area contributed by atoms with Crippen LogP contribution < -0.4 is 0 Å². The Morgan fingerprint density at radius 3 is 1.64 bits per heavy atom. The van der Waals surface area contributed by atoms with Gasteiger partial charge >= 0.3 is 0 Å². The van der Waals surface area contributed by atoms with Crippen LogP contribution in [0.4, 0.5) is 0 Å². The van der Waals surface area contributed by atoms with Crippen molar-refractivity contribution in [1.82, 2.24) is 0 Å². The highest BCUT2D eigenvalue weighted by atomic mass is 16.7. The molecule has 0 amide bonds. The van der Waals surface area contributed by atoms with Gasteiger partial charge in [0.1, 0.15) is 48.8 Å². The van der Waals surface area contributed by atoms with Gasteiger partial charge in [-0.2, -0.15) is 0 Å². The third-order valence-electron chi connectivity index (χ3n) is 4.33. The molecule has 2 rings (SSSR count). The number of aliphatic hydroxyl groups excluding tert-OH is 6. The van der Waals surface area contributed by atoms with E-state index in [4.69, 9.17) is 23.7 Å². The number of methoxy groups -OCH3 is 2. The Morgan fingerprint density at radius 1 is 0.640 bits per heavy atom. The molecule has 0 aromatic heterocycles. The van der Waals surface area contributed by atoms with E-state index in [1.807, 2.05) is 0 Å². The maximum absolute atomic E-state index is 9.96. The molecule has 2 fully saturated rings. The van der Waals surface area contributed by atoms with Crippen LogP contribution >= 0.6 is 0 Å². The summed E-state index contributed by atoms with van der Waals surface area (Å²) in [6, 6.07) is 0. The summed E-state index contributed by atoms with van der Waals surface area (Å²) in [6.07, 6.45) is -13.3. The number of hydrogen-bond donors (Lipinski definition) is 6. The lowest BCUT2D eigenvalue weighted by molar-refractivity contribution is -0.328. The first-order chi connectivity index (χ1) is 11.8. The summed E-state index contributed by atoms with van der Waals surface area (Å²) in [5.41, 5.74) is 0. The summed E-state index contributed by atoms with van der Waals surface area (Å²) in [6.45, 7) is -0.376. The van der Waals surface area contributed by atoms with E-state index < -0.39 is 61.4 Å². The highest BCUT2D eigenvalue weighted by molar-refractivity contribution is 4.91. The first kappa shape index (κ1) is 20.9. The minimum absolute atomic E-state index is 0.0377. The standard InChI is InChI=1S/C14H26O11/c1-21-3-5-7(15)10(18)12(20)14(25-5)23-4-6-8(16)9(17)11(19)13(22-2)24-6/h5-20H,3-4H2,1-2H3. The zero-order chi connectivity index (χ0) is 18.7. The van der Waals surface area contributed by atoms with Gasteiger partial charge in [-0.1, -0.05) is 0 Å². The van der Waals surface area contributed by atoms with Crippen LogP contribution in [-0.4, -0.2) is 119 Å². The van der Waals surface area contributed by atoms with Crippen LogP contribution in [0, 0.1) is 0 Å². The van der Waals surface area contributed by atoms with Crippen LogP contribution in [0.1, 0.15) is 0 Å². The number of hydrogen-bond acceptors (Lipinski definition) is 11. The molecule has 10 atom stereocenters. The number of ether oxygens (including phenoxy) is 5. The van der Waals surface area contributed by atoms with Crippen molar-refractivity contribution in [3.63, 3.8) is 0 Å². The Bertz CT molecular complexity index is 408. The quantitative estimate of drug-likeness (QED) is 0.269. The van der Waals surface area contributed by atoms with Crippen molar-refractivity contribution in [2.45, 2.75) is 61.4 Å². The van der Waals surface area contributed by atoms with Gasteiger partial charge in [-0.05, 0) is 0 Å². The molecule has 25 heavy (non-hydrogen) atoms. The van der Waals surface area contributed by atoms with E-state index in [2.05, 4.69) is 0 Å². The van der Waals surface area contributed by atoms with Crippen molar-refractivity contribution >= 4 is 0 Å². The van der Waals surface area contributed by atoms with Crippen molar-refractivity contribution in [2.24, 2.45) is 0 Å². The Morgan fingerprint density at radius 2 is 1.12 bits per heavy atom. The Labute approximate surface area is 144 Å². The van der Waals surface area contributed by atoms with Crippen molar-refractivity contribution in [1.29, 1.82) is 0 Å². The van der Waals surface area contributed by atoms with Gasteiger partial charge in [0.25, 0.3) is 0 Å². The molecule has 2 aliphatic heterocycles. The largest absolute Gasteiger partial charge is 0.387 e. The molecule has 2 saturated heterocycles. The summed E-state index contributed by atoms with van der Waals surface area (Å²) in [4.78, 5) is 0. The normalized spacial score (nSPS) is 48.5. The maximum Gasteiger partial charge on any atom is 0.186 e. The molecule has 0 saturated carbocycles. The molecule has 0 radical (unpaired) electrons. The van der Waals surface area contributed by atoms with Crippen LogP contribution in [0.25, 0.3) is 0 Å². The molecule has 2 heterocycles. The smallest absolute Gasteiger partial charge is 0.186 e. The lowest BCUT2D eigenvalue weighted by Gasteiger charge is -2.42. The van der Waals surface area contributed by atoms with E-state index in [1.54, 1.807) is 0 Å². The Hall–Kier alpha value is -0.440. The molecule has 148 valence electrons. The van der Waals surface area contributed by atoms with E-state index in [9.17, 15) is 30.6 Å². The summed E-state index contributed by atoms with van der Waals surface area (Å²) in [5.74, 6) is 0. The lowest BCUT2D eigenvalue weighted by Crippen LogP contribution is -2.61. The summed E-state index contributed by atoms with van der Waals surface area (Å²) < 4.78 is 25.8. The average Bonchev–Trinajstić information content (AvgIpc) is 2.60. The first-order valence-electron chi connectivity index (χ1n) is 7.84. The molecule has 11 heteroatoms. The lowest BCUT2D eigenvalue weighted by atomic mass is 9.98. The predicted octanol–water partition coefficient (Wildman–Crippen LogP) is -4.09. The molecule has 0 aromatic carbocycles. The predicted molar refractivity (Wildman–Crippen MR) is 78.2 cm³/mol. The second kappa shape index (κ2) is 8.97. The summed E-state index contributed by atoms with van der Waals surface area (Å²) in [5, 5.41) is 59.1. The van der Waals surface area contributed by atoms with Gasteiger partial charge in [0.2, 0.25) is 0 Å². The van der Waals surface area contributed by atoms with Gasteiger partial charge in [0, 0.05) is 14.2 Å². The molecule has 10 unspecified atom stereocenters. The molecule has 0 spiro atoms. The minimum atomic E-state index is -1.54. The average molecular weight is 370 g/mol. The van der Waals surface area contributed by atoms with Crippen molar-refractivity contribution in [3.8, 4) is 0 Å². The van der Waals surface area contributed by atoms with Crippen LogP contribution in [0.2, 0.25) is 0 Å². The van der Waals surface area contributed by atoms with E-state index in [0.717, 1.165) is 0 Å². The SMILES string of the molecule is COCC1OC(OCC2OC(OC)C(O)C(O)C2O)C(O)C(O)C1O. The van der Waals surface area contributed by atoms with Gasteiger partial charge in [-0.25, -0.2) is 0 Å². The monoisotopic (exact) mass is 370 g/mol. The fourth-order valence-electron chi connectivity index (χ4n) is 2.79. The topological polar surface area (TPSA) is 168 Å². The van der Waals surface area contributed by atoms with Gasteiger partial charge in [0.15, 0.2) is 12.6 Å². The Kier molecular flexibility index (Phi) is 7.49. The third-order valence-corrected chi connectivity index (χ3v) is 4.33.